The molecular formula is C33H36N2NaO13S+. The maximum absolute atomic E-state index is 13.5. The molecule has 50 heavy (non-hydrogen) atoms. The van der Waals surface area contributed by atoms with Crippen molar-refractivity contribution in [1.29, 1.82) is 0 Å². The Bertz CT molecular complexity index is 1920. The molecule has 0 amide bonds. The summed E-state index contributed by atoms with van der Waals surface area (Å²) in [5.74, 6) is -6.10. The van der Waals surface area contributed by atoms with E-state index in [1.807, 2.05) is 0 Å². The summed E-state index contributed by atoms with van der Waals surface area (Å²) in [6, 6.07) is 6.95. The van der Waals surface area contributed by atoms with Crippen molar-refractivity contribution in [3.63, 3.8) is 0 Å². The van der Waals surface area contributed by atoms with Crippen molar-refractivity contribution < 1.29 is 92.0 Å². The van der Waals surface area contributed by atoms with Gasteiger partial charge in [0.2, 0.25) is 0 Å². The smallest absolute Gasteiger partial charge is 0.507 e. The van der Waals surface area contributed by atoms with Crippen molar-refractivity contribution in [2.75, 3.05) is 32.7 Å². The van der Waals surface area contributed by atoms with Gasteiger partial charge in [-0.3, -0.25) is 38.3 Å². The van der Waals surface area contributed by atoms with Gasteiger partial charge >= 0.3 is 53.4 Å². The zero-order valence-electron chi connectivity index (χ0n) is 28.1. The number of aryl methyl sites for hydroxylation is 1. The minimum atomic E-state index is -4.88. The summed E-state index contributed by atoms with van der Waals surface area (Å²) in [5, 5.41) is 48.7. The SMILES string of the molecule is CC1=C/C(=C(/c2ccccc2S(=O)(=O)O)c2cc(C)c(O)c(CN(CC(=O)O)CC(=O)O)c2C)C(C)=C(CN(CC(=O)O)CC(=O)O)C1=O.[Na+]. The fourth-order valence-corrected chi connectivity index (χ4v) is 6.42. The maximum atomic E-state index is 13.5. The average molecular weight is 724 g/mol. The summed E-state index contributed by atoms with van der Waals surface area (Å²) in [7, 11) is -4.88. The Morgan fingerprint density at radius 3 is 1.72 bits per heavy atom. The molecule has 0 saturated heterocycles. The van der Waals surface area contributed by atoms with Crippen LogP contribution in [0.25, 0.3) is 5.57 Å². The Morgan fingerprint density at radius 1 is 0.760 bits per heavy atom. The number of rotatable bonds is 15. The largest absolute Gasteiger partial charge is 1.00 e. The second kappa shape index (κ2) is 17.2. The Balaban J connectivity index is 0.00000867. The minimum absolute atomic E-state index is 0. The van der Waals surface area contributed by atoms with Gasteiger partial charge in [0.25, 0.3) is 10.1 Å². The zero-order chi connectivity index (χ0) is 37.0. The normalized spacial score (nSPS) is 14.4. The Labute approximate surface area is 309 Å². The Hall–Kier alpha value is -4.16. The van der Waals surface area contributed by atoms with Gasteiger partial charge in [-0.05, 0) is 84.9 Å². The number of aliphatic carboxylic acids is 4. The summed E-state index contributed by atoms with van der Waals surface area (Å²) in [5.41, 5.74) is 1.70. The Kier molecular flexibility index (Phi) is 14.4. The second-order valence-corrected chi connectivity index (χ2v) is 13.0. The van der Waals surface area contributed by atoms with Gasteiger partial charge in [-0.25, -0.2) is 0 Å². The first-order valence-electron chi connectivity index (χ1n) is 14.6. The first-order chi connectivity index (χ1) is 22.7. The molecule has 0 unspecified atom stereocenters. The number of carboxylic acids is 4. The van der Waals surface area contributed by atoms with Crippen LogP contribution in [-0.2, 0) is 40.6 Å². The van der Waals surface area contributed by atoms with Gasteiger partial charge < -0.3 is 25.5 Å². The molecule has 0 spiro atoms. The minimum Gasteiger partial charge on any atom is -0.507 e. The van der Waals surface area contributed by atoms with Gasteiger partial charge in [0.05, 0.1) is 26.2 Å². The van der Waals surface area contributed by atoms with E-state index in [1.54, 1.807) is 6.92 Å². The molecule has 0 bridgehead atoms. The quantitative estimate of drug-likeness (QED) is 0.0987. The third kappa shape index (κ3) is 10.2. The monoisotopic (exact) mass is 723 g/mol. The molecule has 0 saturated carbocycles. The van der Waals surface area contributed by atoms with Crippen molar-refractivity contribution >= 4 is 45.4 Å². The van der Waals surface area contributed by atoms with Crippen LogP contribution in [0.2, 0.25) is 0 Å². The van der Waals surface area contributed by atoms with E-state index >= 15 is 0 Å². The number of hydrogen-bond donors (Lipinski definition) is 6. The van der Waals surface area contributed by atoms with E-state index in [-0.39, 0.29) is 97.5 Å². The van der Waals surface area contributed by atoms with Crippen molar-refractivity contribution in [2.24, 2.45) is 0 Å². The van der Waals surface area contributed by atoms with Crippen LogP contribution >= 0.6 is 0 Å². The number of ketones is 1. The van der Waals surface area contributed by atoms with Crippen LogP contribution < -0.4 is 29.6 Å². The number of carbonyl (C=O) groups excluding carboxylic acids is 1. The molecule has 262 valence electrons. The number of nitrogens with zero attached hydrogens (tertiary/aromatic N) is 2. The third-order valence-electron chi connectivity index (χ3n) is 7.90. The van der Waals surface area contributed by atoms with E-state index in [0.29, 0.717) is 0 Å². The molecule has 0 aromatic heterocycles. The number of hydrogen-bond acceptors (Lipinski definition) is 10. The third-order valence-corrected chi connectivity index (χ3v) is 8.81. The molecule has 0 atom stereocenters. The summed E-state index contributed by atoms with van der Waals surface area (Å²) in [6.45, 7) is 2.52. The van der Waals surface area contributed by atoms with Crippen LogP contribution in [0.5, 0.6) is 5.75 Å². The first-order valence-corrected chi connectivity index (χ1v) is 16.0. The average Bonchev–Trinajstić information content (AvgIpc) is 2.97. The predicted octanol–water partition coefficient (Wildman–Crippen LogP) is -0.650. The van der Waals surface area contributed by atoms with Crippen molar-refractivity contribution in [3.8, 4) is 5.75 Å². The van der Waals surface area contributed by atoms with E-state index in [1.165, 1.54) is 51.1 Å². The summed E-state index contributed by atoms with van der Waals surface area (Å²) in [4.78, 5) is 61.2. The van der Waals surface area contributed by atoms with E-state index < -0.39 is 77.4 Å². The molecule has 0 radical (unpaired) electrons. The topological polar surface area (TPSA) is 247 Å². The van der Waals surface area contributed by atoms with Crippen molar-refractivity contribution in [1.82, 2.24) is 9.80 Å². The van der Waals surface area contributed by atoms with Crippen LogP contribution in [0.1, 0.15) is 41.7 Å². The van der Waals surface area contributed by atoms with Crippen LogP contribution in [0.15, 0.2) is 63.6 Å². The molecule has 2 aromatic rings. The van der Waals surface area contributed by atoms with Crippen molar-refractivity contribution in [3.05, 3.63) is 86.5 Å². The van der Waals surface area contributed by atoms with Gasteiger partial charge in [-0.15, -0.1) is 0 Å². The molecule has 0 fully saturated rings. The van der Waals surface area contributed by atoms with E-state index in [4.69, 9.17) is 0 Å². The zero-order valence-corrected chi connectivity index (χ0v) is 30.9. The van der Waals surface area contributed by atoms with Crippen LogP contribution in [0.3, 0.4) is 0 Å². The van der Waals surface area contributed by atoms with Crippen molar-refractivity contribution in [2.45, 2.75) is 39.1 Å². The molecule has 1 aliphatic carbocycles. The molecule has 15 nitrogen and oxygen atoms in total. The number of aromatic hydroxyl groups is 1. The van der Waals surface area contributed by atoms with E-state index in [9.17, 15) is 62.5 Å². The Morgan fingerprint density at radius 2 is 1.24 bits per heavy atom. The number of allylic oxidation sites excluding steroid dienone is 4. The fraction of sp³-hybridized carbons (Fsp3) is 0.303. The standard InChI is InChI=1S/C33H36N2O13S.Na/c1-17-9-22(19(3)24(32(17)44)11-34(13-27(36)37)14-28(38)39)31(21-7-5-6-8-26(21)49(46,47)48)23-10-18(2)33(45)25(20(23)4)12-35(15-29(40)41)16-30(42)43;/h5-10,44H,11-16H2,1-4H3,(H,36,37)(H,38,39)(H,40,41)(H,42,43)(H,46,47,48);/q;+1/b31-23+;. The van der Waals surface area contributed by atoms with Crippen LogP contribution in [0, 0.1) is 13.8 Å². The van der Waals surface area contributed by atoms with Gasteiger partial charge in [0, 0.05) is 29.8 Å². The molecule has 3 rings (SSSR count). The number of carbonyl (C=O) groups is 5. The molecule has 0 heterocycles. The number of carboxylic acid groups (broad SMARTS) is 4. The molecule has 2 aromatic carbocycles. The van der Waals surface area contributed by atoms with E-state index in [2.05, 4.69) is 0 Å². The fourth-order valence-electron chi connectivity index (χ4n) is 5.72. The van der Waals surface area contributed by atoms with Crippen LogP contribution in [-0.4, -0.2) is 111 Å². The summed E-state index contributed by atoms with van der Waals surface area (Å²) >= 11 is 0. The van der Waals surface area contributed by atoms with Gasteiger partial charge in [0.15, 0.2) is 5.78 Å². The van der Waals surface area contributed by atoms with Gasteiger partial charge in [-0.2, -0.15) is 8.42 Å². The molecule has 1 aliphatic rings. The summed E-state index contributed by atoms with van der Waals surface area (Å²) in [6.07, 6.45) is 1.47. The summed E-state index contributed by atoms with van der Waals surface area (Å²) < 4.78 is 35.6. The maximum Gasteiger partial charge on any atom is 1.00 e. The number of benzene rings is 2. The number of Topliss-reactive ketones (excluding diaryl/α,β-unsaturated/α-hetero) is 1. The second-order valence-electron chi connectivity index (χ2n) is 11.6. The molecule has 17 heteroatoms. The molecule has 0 aliphatic heterocycles. The predicted molar refractivity (Wildman–Crippen MR) is 174 cm³/mol. The molecular weight excluding hydrogens is 687 g/mol. The van der Waals surface area contributed by atoms with Gasteiger partial charge in [0.1, 0.15) is 10.6 Å². The number of phenols is 1. The molecule has 6 N–H and O–H groups in total. The van der Waals surface area contributed by atoms with Gasteiger partial charge in [-0.1, -0.05) is 18.2 Å². The van der Waals surface area contributed by atoms with E-state index in [0.717, 1.165) is 15.9 Å². The number of phenolic OH excluding ortho intramolecular Hbond substituents is 1. The van der Waals surface area contributed by atoms with Crippen LogP contribution in [0.4, 0.5) is 0 Å². The first kappa shape index (κ1) is 42.0.